The number of benzene rings is 2. The minimum Gasteiger partial charge on any atom is -0.498 e. The predicted molar refractivity (Wildman–Crippen MR) is 145 cm³/mol. The highest BCUT2D eigenvalue weighted by Gasteiger charge is 2.39. The number of aryl methyl sites for hydroxylation is 1. The number of amides is 1. The smallest absolute Gasteiger partial charge is 0.416 e. The Labute approximate surface area is 227 Å². The molecule has 1 amide bonds. The maximum Gasteiger partial charge on any atom is 0.416 e. The topological polar surface area (TPSA) is 50.6 Å². The molecular weight excluding hydrogens is 505 g/mol. The average Bonchev–Trinajstić information content (AvgIpc) is 3.25. The van der Waals surface area contributed by atoms with Crippen LogP contribution in [0.5, 0.6) is 0 Å². The number of hydrogen-bond donors (Lipinski definition) is 0. The minimum absolute atomic E-state index is 0.240. The molecule has 1 aliphatic heterocycles. The van der Waals surface area contributed by atoms with Gasteiger partial charge in [-0.3, -0.25) is 9.69 Å². The quantitative estimate of drug-likeness (QED) is 0.284. The molecule has 1 aliphatic rings. The van der Waals surface area contributed by atoms with Crippen molar-refractivity contribution in [1.29, 1.82) is 0 Å². The van der Waals surface area contributed by atoms with E-state index in [0.717, 1.165) is 29.7 Å². The molecule has 0 fully saturated rings. The number of hydrogen-bond acceptors (Lipinski definition) is 4. The van der Waals surface area contributed by atoms with Gasteiger partial charge in [0.1, 0.15) is 17.4 Å². The van der Waals surface area contributed by atoms with Gasteiger partial charge in [0, 0.05) is 20.1 Å². The fourth-order valence-corrected chi connectivity index (χ4v) is 4.80. The molecule has 1 unspecified atom stereocenters. The number of alkyl halides is 3. The van der Waals surface area contributed by atoms with Crippen LogP contribution in [-0.4, -0.2) is 40.6 Å². The summed E-state index contributed by atoms with van der Waals surface area (Å²) in [6.45, 7) is 14.9. The molecule has 1 aromatic heterocycles. The van der Waals surface area contributed by atoms with E-state index < -0.39 is 17.7 Å². The molecule has 4 rings (SSSR count). The number of anilines is 1. The van der Waals surface area contributed by atoms with Gasteiger partial charge in [-0.15, -0.1) is 0 Å². The van der Waals surface area contributed by atoms with E-state index in [2.05, 4.69) is 13.2 Å². The van der Waals surface area contributed by atoms with E-state index in [-0.39, 0.29) is 24.8 Å². The lowest BCUT2D eigenvalue weighted by Crippen LogP contribution is -2.43. The maximum atomic E-state index is 13.9. The Morgan fingerprint density at radius 3 is 2.44 bits per heavy atom. The number of ether oxygens (including phenoxy) is 1. The SMILES string of the molecule is C=C(OCC)C(c1cccc(C(F)(F)F)c1)c1nc2c(n1Cc1ccc(C)cc1)C(=O)N(CCC)C(=C)N2C. The van der Waals surface area contributed by atoms with Gasteiger partial charge in [0.25, 0.3) is 5.91 Å². The van der Waals surface area contributed by atoms with Crippen molar-refractivity contribution in [3.05, 3.63) is 107 Å². The largest absolute Gasteiger partial charge is 0.498 e. The number of carbonyl (C=O) groups excluding carboxylic acids is 1. The van der Waals surface area contributed by atoms with Crippen LogP contribution in [0.15, 0.2) is 73.3 Å². The summed E-state index contributed by atoms with van der Waals surface area (Å²) < 4.78 is 48.6. The zero-order chi connectivity index (χ0) is 28.5. The van der Waals surface area contributed by atoms with Crippen LogP contribution < -0.4 is 4.90 Å². The van der Waals surface area contributed by atoms with Gasteiger partial charge in [0.2, 0.25) is 0 Å². The Hall–Kier alpha value is -4.01. The van der Waals surface area contributed by atoms with Crippen LogP contribution in [-0.2, 0) is 17.5 Å². The first kappa shape index (κ1) is 28.0. The van der Waals surface area contributed by atoms with Gasteiger partial charge < -0.3 is 14.2 Å². The summed E-state index contributed by atoms with van der Waals surface area (Å²) in [6.07, 6.45) is -3.81. The molecule has 206 valence electrons. The van der Waals surface area contributed by atoms with Crippen molar-refractivity contribution in [1.82, 2.24) is 14.5 Å². The summed E-state index contributed by atoms with van der Waals surface area (Å²) in [5.41, 5.74) is 1.87. The highest BCUT2D eigenvalue weighted by Crippen LogP contribution is 2.40. The summed E-state index contributed by atoms with van der Waals surface area (Å²) in [4.78, 5) is 22.1. The van der Waals surface area contributed by atoms with Crippen molar-refractivity contribution in [3.63, 3.8) is 0 Å². The Kier molecular flexibility index (Phi) is 7.90. The molecule has 6 nitrogen and oxygen atoms in total. The molecule has 0 saturated carbocycles. The van der Waals surface area contributed by atoms with Crippen LogP contribution in [0.25, 0.3) is 0 Å². The molecule has 0 saturated heterocycles. The number of nitrogens with zero attached hydrogens (tertiary/aromatic N) is 4. The first-order valence-electron chi connectivity index (χ1n) is 12.9. The van der Waals surface area contributed by atoms with Gasteiger partial charge >= 0.3 is 6.18 Å². The van der Waals surface area contributed by atoms with E-state index in [9.17, 15) is 18.0 Å². The lowest BCUT2D eigenvalue weighted by molar-refractivity contribution is -0.137. The summed E-state index contributed by atoms with van der Waals surface area (Å²) in [6, 6.07) is 12.9. The third kappa shape index (κ3) is 5.44. The van der Waals surface area contributed by atoms with Crippen LogP contribution in [0, 0.1) is 6.92 Å². The second kappa shape index (κ2) is 11.0. The zero-order valence-corrected chi connectivity index (χ0v) is 22.7. The van der Waals surface area contributed by atoms with Crippen molar-refractivity contribution in [2.75, 3.05) is 25.1 Å². The number of carbonyl (C=O) groups is 1. The predicted octanol–water partition coefficient (Wildman–Crippen LogP) is 6.71. The highest BCUT2D eigenvalue weighted by molar-refractivity contribution is 6.01. The summed E-state index contributed by atoms with van der Waals surface area (Å²) >= 11 is 0. The van der Waals surface area contributed by atoms with E-state index in [4.69, 9.17) is 9.72 Å². The number of allylic oxidation sites excluding steroid dienone is 1. The van der Waals surface area contributed by atoms with Crippen molar-refractivity contribution in [2.24, 2.45) is 0 Å². The normalized spacial score (nSPS) is 14.4. The van der Waals surface area contributed by atoms with Crippen molar-refractivity contribution in [3.8, 4) is 0 Å². The van der Waals surface area contributed by atoms with Crippen LogP contribution in [0.2, 0.25) is 0 Å². The average molecular weight is 539 g/mol. The second-order valence-electron chi connectivity index (χ2n) is 9.60. The Balaban J connectivity index is 1.98. The van der Waals surface area contributed by atoms with Gasteiger partial charge in [-0.05, 0) is 37.5 Å². The summed E-state index contributed by atoms with van der Waals surface area (Å²) in [5.74, 6) is 0.359. The molecular formula is C30H33F3N4O2. The fourth-order valence-electron chi connectivity index (χ4n) is 4.80. The summed E-state index contributed by atoms with van der Waals surface area (Å²) in [7, 11) is 1.78. The second-order valence-corrected chi connectivity index (χ2v) is 9.60. The van der Waals surface area contributed by atoms with E-state index in [1.165, 1.54) is 6.07 Å². The van der Waals surface area contributed by atoms with Gasteiger partial charge in [-0.2, -0.15) is 13.2 Å². The summed E-state index contributed by atoms with van der Waals surface area (Å²) in [5, 5.41) is 0. The van der Waals surface area contributed by atoms with Gasteiger partial charge in [-0.25, -0.2) is 4.98 Å². The highest BCUT2D eigenvalue weighted by atomic mass is 19.4. The Bertz CT molecular complexity index is 1390. The maximum absolute atomic E-state index is 13.9. The van der Waals surface area contributed by atoms with E-state index in [1.54, 1.807) is 34.4 Å². The van der Waals surface area contributed by atoms with E-state index in [1.807, 2.05) is 38.1 Å². The number of rotatable bonds is 9. The molecule has 9 heteroatoms. The van der Waals surface area contributed by atoms with Gasteiger partial charge in [0.05, 0.1) is 18.1 Å². The van der Waals surface area contributed by atoms with Gasteiger partial charge in [0.15, 0.2) is 11.5 Å². The standard InChI is InChI=1S/C30H33F3N4O2/c1-7-16-36-21(5)35(6)28-26(29(36)38)37(18-22-14-12-19(3)13-15-22)27(34-28)25(20(4)39-8-2)23-10-9-11-24(17-23)30(31,32)33/h9-15,17,25H,4-5,7-8,16,18H2,1-3,6H3. The lowest BCUT2D eigenvalue weighted by Gasteiger charge is -2.35. The number of aromatic nitrogens is 2. The molecule has 0 N–H and O–H groups in total. The molecule has 39 heavy (non-hydrogen) atoms. The fraction of sp³-hybridized carbons (Fsp3) is 0.333. The third-order valence-corrected chi connectivity index (χ3v) is 6.81. The Morgan fingerprint density at radius 2 is 1.82 bits per heavy atom. The number of fused-ring (bicyclic) bond motifs is 1. The van der Waals surface area contributed by atoms with Crippen LogP contribution >= 0.6 is 0 Å². The van der Waals surface area contributed by atoms with Gasteiger partial charge in [-0.1, -0.05) is 68.1 Å². The molecule has 0 aliphatic carbocycles. The van der Waals surface area contributed by atoms with E-state index in [0.29, 0.717) is 35.3 Å². The lowest BCUT2D eigenvalue weighted by atomic mass is 9.94. The first-order chi connectivity index (χ1) is 18.5. The number of imidazole rings is 1. The minimum atomic E-state index is -4.53. The molecule has 3 aromatic rings. The monoisotopic (exact) mass is 538 g/mol. The third-order valence-electron chi connectivity index (χ3n) is 6.81. The van der Waals surface area contributed by atoms with Crippen LogP contribution in [0.3, 0.4) is 0 Å². The van der Waals surface area contributed by atoms with Crippen molar-refractivity contribution < 1.29 is 22.7 Å². The molecule has 1 atom stereocenters. The molecule has 0 bridgehead atoms. The number of halogens is 3. The van der Waals surface area contributed by atoms with Crippen LogP contribution in [0.4, 0.5) is 19.0 Å². The molecule has 2 heterocycles. The van der Waals surface area contributed by atoms with Crippen LogP contribution in [0.1, 0.15) is 64.8 Å². The van der Waals surface area contributed by atoms with E-state index >= 15 is 0 Å². The Morgan fingerprint density at radius 1 is 1.13 bits per heavy atom. The first-order valence-corrected chi connectivity index (χ1v) is 12.9. The molecule has 0 radical (unpaired) electrons. The zero-order valence-electron chi connectivity index (χ0n) is 22.7. The molecule has 2 aromatic carbocycles. The van der Waals surface area contributed by atoms with Crippen molar-refractivity contribution in [2.45, 2.75) is 45.8 Å². The molecule has 0 spiro atoms. The van der Waals surface area contributed by atoms with Crippen molar-refractivity contribution >= 4 is 11.7 Å².